The summed E-state index contributed by atoms with van der Waals surface area (Å²) in [5.74, 6) is -2.04. The number of thiophene rings is 1. The van der Waals surface area contributed by atoms with Crippen LogP contribution in [0.3, 0.4) is 0 Å². The number of rotatable bonds is 8. The highest BCUT2D eigenvalue weighted by Crippen LogP contribution is 2.42. The summed E-state index contributed by atoms with van der Waals surface area (Å²) in [6.07, 6.45) is -8.35. The number of fused-ring (bicyclic) bond motifs is 1. The molecule has 0 aliphatic heterocycles. The van der Waals surface area contributed by atoms with E-state index in [1.807, 2.05) is 0 Å². The zero-order valence-corrected chi connectivity index (χ0v) is 19.0. The van der Waals surface area contributed by atoms with Gasteiger partial charge in [-0.2, -0.15) is 5.10 Å². The minimum Gasteiger partial charge on any atom is -0.464 e. The van der Waals surface area contributed by atoms with Crippen molar-refractivity contribution >= 4 is 50.7 Å². The molecule has 0 bridgehead atoms. The molecule has 3 N–H and O–H groups in total. The van der Waals surface area contributed by atoms with Gasteiger partial charge in [0.1, 0.15) is 39.1 Å². The molecule has 0 aliphatic carbocycles. The fourth-order valence-corrected chi connectivity index (χ4v) is 4.72. The minimum atomic E-state index is -3.34. The Morgan fingerprint density at radius 1 is 1.17 bits per heavy atom. The van der Waals surface area contributed by atoms with Crippen LogP contribution in [0.15, 0.2) is 28.9 Å². The molecule has 0 aliphatic rings. The van der Waals surface area contributed by atoms with E-state index in [4.69, 9.17) is 21.8 Å². The van der Waals surface area contributed by atoms with Crippen molar-refractivity contribution in [3.63, 3.8) is 0 Å². The maximum absolute atomic E-state index is 13.4. The number of anilines is 1. The van der Waals surface area contributed by atoms with Crippen LogP contribution < -0.4 is 11.1 Å². The summed E-state index contributed by atoms with van der Waals surface area (Å²) in [5.41, 5.74) is 2.30. The summed E-state index contributed by atoms with van der Waals surface area (Å²) in [4.78, 5) is 28.3. The number of nitrogens with one attached hydrogen (secondary N) is 1. The topological polar surface area (TPSA) is 116 Å². The van der Waals surface area contributed by atoms with Gasteiger partial charge in [0.2, 0.25) is 5.91 Å². The smallest absolute Gasteiger partial charge is 0.283 e. The Balaban J connectivity index is 1.81. The van der Waals surface area contributed by atoms with Gasteiger partial charge >= 0.3 is 0 Å². The van der Waals surface area contributed by atoms with E-state index < -0.39 is 59.7 Å². The first-order valence-electron chi connectivity index (χ1n) is 9.71. The molecular formula is C20H12ClF6N5O3S. The molecular weight excluding hydrogens is 540 g/mol. The van der Waals surface area contributed by atoms with Crippen LogP contribution in [0.2, 0.25) is 5.02 Å². The number of nitrogens with two attached hydrogens (primary N) is 1. The summed E-state index contributed by atoms with van der Waals surface area (Å²) in [6.45, 7) is -1.000. The number of pyridine rings is 1. The monoisotopic (exact) mass is 551 g/mol. The Labute approximate surface area is 205 Å². The van der Waals surface area contributed by atoms with Crippen molar-refractivity contribution in [2.45, 2.75) is 25.8 Å². The van der Waals surface area contributed by atoms with Gasteiger partial charge in [0.05, 0.1) is 17.0 Å². The first kappa shape index (κ1) is 25.5. The Morgan fingerprint density at radius 2 is 1.89 bits per heavy atom. The molecule has 0 spiro atoms. The molecule has 4 aromatic rings. The number of amides is 2. The molecule has 0 unspecified atom stereocenters. The second-order valence-corrected chi connectivity index (χ2v) is 8.49. The highest BCUT2D eigenvalue weighted by molar-refractivity contribution is 7.21. The Morgan fingerprint density at radius 3 is 2.44 bits per heavy atom. The number of hydrogen-bond donors (Lipinski definition) is 2. The van der Waals surface area contributed by atoms with Crippen molar-refractivity contribution in [2.75, 3.05) is 5.32 Å². The van der Waals surface area contributed by atoms with Gasteiger partial charge in [-0.25, -0.2) is 31.3 Å². The van der Waals surface area contributed by atoms with E-state index in [0.717, 1.165) is 6.07 Å². The molecule has 0 radical (unpaired) electrons. The third kappa shape index (κ3) is 4.63. The highest BCUT2D eigenvalue weighted by atomic mass is 35.5. The van der Waals surface area contributed by atoms with Crippen molar-refractivity contribution in [3.05, 3.63) is 51.4 Å². The van der Waals surface area contributed by atoms with Crippen molar-refractivity contribution < 1.29 is 40.3 Å². The third-order valence-corrected chi connectivity index (χ3v) is 6.33. The number of carbonyl (C=O) groups is 2. The normalized spacial score (nSPS) is 11.8. The molecule has 0 atom stereocenters. The Bertz CT molecular complexity index is 1450. The maximum Gasteiger partial charge on any atom is 0.283 e. The number of alkyl halides is 6. The van der Waals surface area contributed by atoms with Gasteiger partial charge in [-0.1, -0.05) is 11.6 Å². The van der Waals surface area contributed by atoms with Gasteiger partial charge in [-0.3, -0.25) is 14.3 Å². The SMILES string of the molecule is NC(=O)c1sc2nc(C(F)F)cc(-c3ccco3)c2c1NC(=O)Cn1nc(C(F)F)c(Cl)c1C(F)F. The van der Waals surface area contributed by atoms with Gasteiger partial charge in [0.15, 0.2) is 0 Å². The fraction of sp³-hybridized carbons (Fsp3) is 0.200. The number of primary amides is 1. The van der Waals surface area contributed by atoms with E-state index in [1.54, 1.807) is 0 Å². The van der Waals surface area contributed by atoms with Crippen LogP contribution in [-0.2, 0) is 11.3 Å². The van der Waals surface area contributed by atoms with Crippen LogP contribution >= 0.6 is 22.9 Å². The summed E-state index contributed by atoms with van der Waals surface area (Å²) in [7, 11) is 0. The zero-order chi connectivity index (χ0) is 26.3. The van der Waals surface area contributed by atoms with Gasteiger partial charge in [-0.05, 0) is 18.2 Å². The molecule has 4 rings (SSSR count). The molecule has 0 saturated carbocycles. The van der Waals surface area contributed by atoms with E-state index in [9.17, 15) is 35.9 Å². The zero-order valence-electron chi connectivity index (χ0n) is 17.4. The predicted octanol–water partition coefficient (Wildman–Crippen LogP) is 5.96. The quantitative estimate of drug-likeness (QED) is 0.262. The first-order chi connectivity index (χ1) is 17.0. The number of hydrogen-bond acceptors (Lipinski definition) is 6. The van der Waals surface area contributed by atoms with Crippen LogP contribution in [0.4, 0.5) is 32.0 Å². The molecule has 8 nitrogen and oxygen atoms in total. The second-order valence-electron chi connectivity index (χ2n) is 7.11. The summed E-state index contributed by atoms with van der Waals surface area (Å²) >= 11 is 6.20. The molecule has 36 heavy (non-hydrogen) atoms. The largest absolute Gasteiger partial charge is 0.464 e. The second kappa shape index (κ2) is 9.81. The molecule has 2 amide bonds. The van der Waals surface area contributed by atoms with E-state index >= 15 is 0 Å². The standard InChI is InChI=1S/C20H12ClF6N5O3S/c21-11-13(17(24)25)31-32(14(11)18(26)27)5-9(33)30-12-10-6(8-2-1-3-35-8)4-7(16(22)23)29-20(10)36-15(12)19(28)34/h1-4,16-18H,5H2,(H2,28,34)(H,30,33). The molecule has 190 valence electrons. The Kier molecular flexibility index (Phi) is 6.95. The van der Waals surface area contributed by atoms with Crippen molar-refractivity contribution in [2.24, 2.45) is 5.73 Å². The van der Waals surface area contributed by atoms with Gasteiger partial charge in [-0.15, -0.1) is 11.3 Å². The third-order valence-electron chi connectivity index (χ3n) is 4.84. The summed E-state index contributed by atoms with van der Waals surface area (Å²) < 4.78 is 85.5. The van der Waals surface area contributed by atoms with Crippen LogP contribution in [0.1, 0.15) is 46.0 Å². The van der Waals surface area contributed by atoms with Gasteiger partial charge in [0, 0.05) is 10.9 Å². The van der Waals surface area contributed by atoms with Crippen molar-refractivity contribution in [1.29, 1.82) is 0 Å². The highest BCUT2D eigenvalue weighted by Gasteiger charge is 2.30. The number of aromatic nitrogens is 3. The van der Waals surface area contributed by atoms with Gasteiger partial charge in [0.25, 0.3) is 25.2 Å². The van der Waals surface area contributed by atoms with Crippen molar-refractivity contribution in [1.82, 2.24) is 14.8 Å². The fourth-order valence-electron chi connectivity index (χ4n) is 3.40. The lowest BCUT2D eigenvalue weighted by Gasteiger charge is -2.11. The molecule has 16 heteroatoms. The van der Waals surface area contributed by atoms with Gasteiger partial charge < -0.3 is 15.5 Å². The van der Waals surface area contributed by atoms with E-state index in [0.29, 0.717) is 16.0 Å². The molecule has 4 aromatic heterocycles. The number of nitrogens with zero attached hydrogens (tertiary/aromatic N) is 3. The predicted molar refractivity (Wildman–Crippen MR) is 117 cm³/mol. The average molecular weight is 552 g/mol. The average Bonchev–Trinajstić information content (AvgIpc) is 3.51. The Hall–Kier alpha value is -3.59. The first-order valence-corrected chi connectivity index (χ1v) is 10.9. The molecule has 0 saturated heterocycles. The van der Waals surface area contributed by atoms with E-state index in [-0.39, 0.29) is 32.1 Å². The lowest BCUT2D eigenvalue weighted by molar-refractivity contribution is -0.117. The van der Waals surface area contributed by atoms with Crippen molar-refractivity contribution in [3.8, 4) is 11.3 Å². The summed E-state index contributed by atoms with van der Waals surface area (Å²) in [5, 5.41) is 4.63. The number of halogens is 7. The van der Waals surface area contributed by atoms with Crippen LogP contribution in [-0.4, -0.2) is 26.6 Å². The maximum atomic E-state index is 13.4. The summed E-state index contributed by atoms with van der Waals surface area (Å²) in [6, 6.07) is 3.90. The molecule has 0 aromatic carbocycles. The minimum absolute atomic E-state index is 0.0161. The number of carbonyl (C=O) groups excluding carboxylic acids is 2. The van der Waals surface area contributed by atoms with Crippen LogP contribution in [0.25, 0.3) is 21.5 Å². The van der Waals surface area contributed by atoms with E-state index in [1.165, 1.54) is 18.4 Å². The lowest BCUT2D eigenvalue weighted by Crippen LogP contribution is -2.23. The van der Waals surface area contributed by atoms with Crippen LogP contribution in [0.5, 0.6) is 0 Å². The van der Waals surface area contributed by atoms with Crippen LogP contribution in [0, 0.1) is 0 Å². The molecule has 0 fully saturated rings. The lowest BCUT2D eigenvalue weighted by atomic mass is 10.1. The van der Waals surface area contributed by atoms with E-state index in [2.05, 4.69) is 15.4 Å². The molecule has 4 heterocycles. The number of furan rings is 1.